The van der Waals surface area contributed by atoms with E-state index in [1.165, 1.54) is 16.5 Å². The van der Waals surface area contributed by atoms with Crippen molar-refractivity contribution in [1.82, 2.24) is 9.88 Å². The minimum atomic E-state index is 0.196. The van der Waals surface area contributed by atoms with Gasteiger partial charge in [-0.05, 0) is 61.7 Å². The third-order valence-electron chi connectivity index (χ3n) is 6.05. The maximum atomic E-state index is 12.6. The lowest BCUT2D eigenvalue weighted by molar-refractivity contribution is -0.131. The number of aryl methyl sites for hydroxylation is 2. The number of carbonyl (C=O) groups is 1. The lowest BCUT2D eigenvalue weighted by Gasteiger charge is -2.35. The van der Waals surface area contributed by atoms with Crippen molar-refractivity contribution in [2.45, 2.75) is 26.7 Å². The van der Waals surface area contributed by atoms with Crippen molar-refractivity contribution in [1.29, 1.82) is 0 Å². The SMILES string of the molecule is COc1ccc(OCCCC(=O)N2CCN(c3cc(C)c4cccc(C)c4n3)CC2)cc1. The first kappa shape index (κ1) is 21.9. The fourth-order valence-corrected chi connectivity index (χ4v) is 4.13. The summed E-state index contributed by atoms with van der Waals surface area (Å²) in [7, 11) is 1.64. The zero-order valence-corrected chi connectivity index (χ0v) is 19.1. The number of methoxy groups -OCH3 is 1. The van der Waals surface area contributed by atoms with Gasteiger partial charge in [0.1, 0.15) is 17.3 Å². The number of ether oxygens (including phenoxy) is 2. The van der Waals surface area contributed by atoms with Crippen LogP contribution in [0.4, 0.5) is 5.82 Å². The van der Waals surface area contributed by atoms with Crippen LogP contribution in [0.2, 0.25) is 0 Å². The molecule has 0 aliphatic carbocycles. The molecule has 0 atom stereocenters. The quantitative estimate of drug-likeness (QED) is 0.518. The van der Waals surface area contributed by atoms with Crippen molar-refractivity contribution in [3.05, 3.63) is 59.7 Å². The average Bonchev–Trinajstić information content (AvgIpc) is 2.83. The fourth-order valence-electron chi connectivity index (χ4n) is 4.13. The summed E-state index contributed by atoms with van der Waals surface area (Å²) in [6.07, 6.45) is 1.21. The Labute approximate surface area is 189 Å². The maximum absolute atomic E-state index is 12.6. The number of aromatic nitrogens is 1. The van der Waals surface area contributed by atoms with E-state index in [1.807, 2.05) is 29.2 Å². The summed E-state index contributed by atoms with van der Waals surface area (Å²) in [6, 6.07) is 16.0. The molecule has 1 fully saturated rings. The van der Waals surface area contributed by atoms with E-state index in [0.29, 0.717) is 19.4 Å². The highest BCUT2D eigenvalue weighted by Crippen LogP contribution is 2.25. The number of amides is 1. The molecule has 0 unspecified atom stereocenters. The van der Waals surface area contributed by atoms with Gasteiger partial charge >= 0.3 is 0 Å². The summed E-state index contributed by atoms with van der Waals surface area (Å²) in [5, 5.41) is 1.21. The first-order chi connectivity index (χ1) is 15.5. The summed E-state index contributed by atoms with van der Waals surface area (Å²) in [6.45, 7) is 7.83. The van der Waals surface area contributed by atoms with Gasteiger partial charge in [-0.25, -0.2) is 4.98 Å². The van der Waals surface area contributed by atoms with E-state index in [0.717, 1.165) is 49.0 Å². The van der Waals surface area contributed by atoms with Crippen LogP contribution in [0.1, 0.15) is 24.0 Å². The number of anilines is 1. The second kappa shape index (κ2) is 9.90. The van der Waals surface area contributed by atoms with Gasteiger partial charge in [-0.1, -0.05) is 18.2 Å². The van der Waals surface area contributed by atoms with Crippen molar-refractivity contribution >= 4 is 22.6 Å². The Kier molecular flexibility index (Phi) is 6.78. The minimum Gasteiger partial charge on any atom is -0.497 e. The van der Waals surface area contributed by atoms with E-state index in [4.69, 9.17) is 14.5 Å². The summed E-state index contributed by atoms with van der Waals surface area (Å²) >= 11 is 0. The lowest BCUT2D eigenvalue weighted by atomic mass is 10.1. The third-order valence-corrected chi connectivity index (χ3v) is 6.05. The number of carbonyl (C=O) groups excluding carboxylic acids is 1. The zero-order valence-electron chi connectivity index (χ0n) is 19.1. The maximum Gasteiger partial charge on any atom is 0.222 e. The number of pyridine rings is 1. The Morgan fingerprint density at radius 2 is 1.69 bits per heavy atom. The first-order valence-electron chi connectivity index (χ1n) is 11.2. The number of hydrogen-bond donors (Lipinski definition) is 0. The molecule has 0 radical (unpaired) electrons. The Morgan fingerprint density at radius 1 is 0.969 bits per heavy atom. The molecule has 32 heavy (non-hydrogen) atoms. The van der Waals surface area contributed by atoms with Crippen LogP contribution < -0.4 is 14.4 Å². The van der Waals surface area contributed by atoms with Crippen LogP contribution in [0.3, 0.4) is 0 Å². The Hall–Kier alpha value is -3.28. The van der Waals surface area contributed by atoms with Gasteiger partial charge in [0.2, 0.25) is 5.91 Å². The largest absolute Gasteiger partial charge is 0.497 e. The van der Waals surface area contributed by atoms with Crippen molar-refractivity contribution in [2.24, 2.45) is 0 Å². The second-order valence-corrected chi connectivity index (χ2v) is 8.26. The molecular formula is C26H31N3O3. The first-order valence-corrected chi connectivity index (χ1v) is 11.2. The molecule has 1 aromatic heterocycles. The smallest absolute Gasteiger partial charge is 0.222 e. The van der Waals surface area contributed by atoms with E-state index in [1.54, 1.807) is 7.11 Å². The number of fused-ring (bicyclic) bond motifs is 1. The Morgan fingerprint density at radius 3 is 2.41 bits per heavy atom. The van der Waals surface area contributed by atoms with Crippen LogP contribution in [0.25, 0.3) is 10.9 Å². The van der Waals surface area contributed by atoms with Gasteiger partial charge in [-0.15, -0.1) is 0 Å². The number of nitrogens with zero attached hydrogens (tertiary/aromatic N) is 3. The number of rotatable bonds is 7. The second-order valence-electron chi connectivity index (χ2n) is 8.26. The number of piperazine rings is 1. The van der Waals surface area contributed by atoms with Gasteiger partial charge in [0, 0.05) is 38.0 Å². The van der Waals surface area contributed by atoms with Crippen LogP contribution in [0.15, 0.2) is 48.5 Å². The molecule has 1 aliphatic rings. The van der Waals surface area contributed by atoms with Crippen LogP contribution in [0, 0.1) is 13.8 Å². The highest BCUT2D eigenvalue weighted by molar-refractivity contribution is 5.86. The van der Waals surface area contributed by atoms with Gasteiger partial charge in [0.25, 0.3) is 0 Å². The van der Waals surface area contributed by atoms with Gasteiger partial charge in [-0.3, -0.25) is 4.79 Å². The third kappa shape index (κ3) is 4.96. The van der Waals surface area contributed by atoms with E-state index in [-0.39, 0.29) is 5.91 Å². The molecule has 6 nitrogen and oxygen atoms in total. The van der Waals surface area contributed by atoms with Gasteiger partial charge in [0.15, 0.2) is 0 Å². The molecule has 0 saturated carbocycles. The molecule has 1 aliphatic heterocycles. The number of benzene rings is 2. The molecule has 168 valence electrons. The fraction of sp³-hybridized carbons (Fsp3) is 0.385. The molecule has 6 heteroatoms. The number of hydrogen-bond acceptors (Lipinski definition) is 5. The van der Waals surface area contributed by atoms with Crippen LogP contribution in [-0.4, -0.2) is 55.7 Å². The molecule has 0 spiro atoms. The normalized spacial score (nSPS) is 14.0. The predicted octanol–water partition coefficient (Wildman–Crippen LogP) is 4.37. The van der Waals surface area contributed by atoms with Crippen molar-refractivity contribution < 1.29 is 14.3 Å². The minimum absolute atomic E-state index is 0.196. The van der Waals surface area contributed by atoms with Crippen LogP contribution >= 0.6 is 0 Å². The van der Waals surface area contributed by atoms with Gasteiger partial charge in [0.05, 0.1) is 19.2 Å². The van der Waals surface area contributed by atoms with Gasteiger partial charge < -0.3 is 19.3 Å². The van der Waals surface area contributed by atoms with Crippen LogP contribution in [-0.2, 0) is 4.79 Å². The lowest BCUT2D eigenvalue weighted by Crippen LogP contribution is -2.49. The number of para-hydroxylation sites is 1. The standard InChI is InChI=1S/C26H31N3O3/c1-19-6-4-7-23-20(2)18-24(27-26(19)23)28-13-15-29(16-14-28)25(30)8-5-17-32-22-11-9-21(31-3)10-12-22/h4,6-7,9-12,18H,5,8,13-17H2,1-3H3. The summed E-state index contributed by atoms with van der Waals surface area (Å²) in [5.74, 6) is 2.79. The van der Waals surface area contributed by atoms with Gasteiger partial charge in [-0.2, -0.15) is 0 Å². The molecule has 1 amide bonds. The zero-order chi connectivity index (χ0) is 22.5. The molecule has 2 heterocycles. The molecule has 0 bridgehead atoms. The van der Waals surface area contributed by atoms with Crippen molar-refractivity contribution in [2.75, 3.05) is 44.8 Å². The van der Waals surface area contributed by atoms with E-state index in [2.05, 4.69) is 43.0 Å². The van der Waals surface area contributed by atoms with E-state index in [9.17, 15) is 4.79 Å². The summed E-state index contributed by atoms with van der Waals surface area (Å²) < 4.78 is 10.9. The predicted molar refractivity (Wildman–Crippen MR) is 128 cm³/mol. The monoisotopic (exact) mass is 433 g/mol. The van der Waals surface area contributed by atoms with Crippen molar-refractivity contribution in [3.63, 3.8) is 0 Å². The summed E-state index contributed by atoms with van der Waals surface area (Å²) in [5.41, 5.74) is 3.50. The Balaban J connectivity index is 1.25. The van der Waals surface area contributed by atoms with Crippen molar-refractivity contribution in [3.8, 4) is 11.5 Å². The molecular weight excluding hydrogens is 402 g/mol. The van der Waals surface area contributed by atoms with E-state index >= 15 is 0 Å². The molecule has 1 saturated heterocycles. The molecule has 3 aromatic rings. The molecule has 2 aromatic carbocycles. The Bertz CT molecular complexity index is 1070. The highest BCUT2D eigenvalue weighted by atomic mass is 16.5. The topological polar surface area (TPSA) is 54.9 Å². The molecule has 4 rings (SSSR count). The molecule has 0 N–H and O–H groups in total. The summed E-state index contributed by atoms with van der Waals surface area (Å²) in [4.78, 5) is 21.8. The average molecular weight is 434 g/mol. The van der Waals surface area contributed by atoms with Crippen LogP contribution in [0.5, 0.6) is 11.5 Å². The highest BCUT2D eigenvalue weighted by Gasteiger charge is 2.22. The van der Waals surface area contributed by atoms with E-state index < -0.39 is 0 Å².